The quantitative estimate of drug-likeness (QED) is 0.237. The molecule has 3 aromatic carbocycles. The predicted octanol–water partition coefficient (Wildman–Crippen LogP) is 5.05. The Bertz CT molecular complexity index is 1500. The minimum Gasteiger partial charge on any atom is -0.493 e. The Morgan fingerprint density at radius 2 is 1.51 bits per heavy atom. The molecule has 0 radical (unpaired) electrons. The molecular weight excluding hydrogens is 524 g/mol. The van der Waals surface area contributed by atoms with E-state index in [9.17, 15) is 19.5 Å². The van der Waals surface area contributed by atoms with E-state index in [1.54, 1.807) is 87.2 Å². The maximum atomic E-state index is 13.9. The van der Waals surface area contributed by atoms with Crippen LogP contribution in [0, 0.1) is 0 Å². The number of nitrogens with one attached hydrogen (secondary N) is 1. The lowest BCUT2D eigenvalue weighted by Gasteiger charge is -2.24. The van der Waals surface area contributed by atoms with Gasteiger partial charge in [0.05, 0.1) is 33.4 Å². The van der Waals surface area contributed by atoms with Crippen LogP contribution in [0.5, 0.6) is 11.5 Å². The van der Waals surface area contributed by atoms with Crippen LogP contribution in [0.3, 0.4) is 0 Å². The van der Waals surface area contributed by atoms with Crippen molar-refractivity contribution in [3.63, 3.8) is 0 Å². The molecule has 0 bridgehead atoms. The first-order valence-electron chi connectivity index (χ1n) is 13.1. The average molecular weight is 557 g/mol. The van der Waals surface area contributed by atoms with Gasteiger partial charge in [-0.05, 0) is 59.5 Å². The van der Waals surface area contributed by atoms with Gasteiger partial charge in [0.25, 0.3) is 11.8 Å². The number of carboxylic acid groups (broad SMARTS) is 1. The highest BCUT2D eigenvalue weighted by atomic mass is 16.5. The lowest BCUT2D eigenvalue weighted by molar-refractivity contribution is -0.137. The molecule has 0 aliphatic carbocycles. The van der Waals surface area contributed by atoms with Gasteiger partial charge in [-0.15, -0.1) is 0 Å². The molecule has 0 atom stereocenters. The molecule has 0 aliphatic rings. The Balaban J connectivity index is 1.61. The SMILES string of the molecule is COc1ccc(CCN(CCC(=O)O)C(=O)c2ccccc2-c2ccccc2C(=O)NCc2ccco2)cc1OC. The fourth-order valence-electron chi connectivity index (χ4n) is 4.51. The van der Waals surface area contributed by atoms with Crippen molar-refractivity contribution in [2.75, 3.05) is 27.3 Å². The molecule has 0 aliphatic heterocycles. The van der Waals surface area contributed by atoms with E-state index in [-0.39, 0.29) is 37.9 Å². The molecule has 41 heavy (non-hydrogen) atoms. The van der Waals surface area contributed by atoms with Gasteiger partial charge in [-0.3, -0.25) is 14.4 Å². The van der Waals surface area contributed by atoms with Crippen LogP contribution in [-0.4, -0.2) is 55.1 Å². The van der Waals surface area contributed by atoms with Crippen molar-refractivity contribution >= 4 is 17.8 Å². The smallest absolute Gasteiger partial charge is 0.305 e. The summed E-state index contributed by atoms with van der Waals surface area (Å²) in [7, 11) is 3.11. The van der Waals surface area contributed by atoms with Crippen molar-refractivity contribution in [2.24, 2.45) is 0 Å². The maximum absolute atomic E-state index is 13.9. The monoisotopic (exact) mass is 556 g/mol. The number of carboxylic acids is 1. The summed E-state index contributed by atoms with van der Waals surface area (Å²) in [4.78, 5) is 40.0. The Kier molecular flexibility index (Phi) is 9.77. The second-order valence-corrected chi connectivity index (χ2v) is 9.23. The number of methoxy groups -OCH3 is 2. The molecule has 212 valence electrons. The van der Waals surface area contributed by atoms with Crippen LogP contribution in [0.15, 0.2) is 89.5 Å². The van der Waals surface area contributed by atoms with E-state index in [0.29, 0.717) is 45.9 Å². The molecular formula is C32H32N2O7. The van der Waals surface area contributed by atoms with Crippen LogP contribution >= 0.6 is 0 Å². The van der Waals surface area contributed by atoms with Crippen LogP contribution in [0.4, 0.5) is 0 Å². The highest BCUT2D eigenvalue weighted by Crippen LogP contribution is 2.30. The van der Waals surface area contributed by atoms with E-state index < -0.39 is 5.97 Å². The number of ether oxygens (including phenoxy) is 2. The highest BCUT2D eigenvalue weighted by molar-refractivity contribution is 6.06. The minimum absolute atomic E-state index is 0.0288. The van der Waals surface area contributed by atoms with Gasteiger partial charge in [0.1, 0.15) is 5.76 Å². The molecule has 1 aromatic heterocycles. The van der Waals surface area contributed by atoms with E-state index in [1.165, 1.54) is 4.90 Å². The Hall–Kier alpha value is -5.05. The molecule has 0 unspecified atom stereocenters. The van der Waals surface area contributed by atoms with Crippen LogP contribution in [0.1, 0.15) is 38.5 Å². The third kappa shape index (κ3) is 7.33. The van der Waals surface area contributed by atoms with Crippen LogP contribution in [-0.2, 0) is 17.8 Å². The standard InChI is InChI=1S/C32H32N2O7/c1-39-28-14-13-22(20-29(28)40-2)15-17-34(18-16-30(35)36)32(38)27-12-6-4-10-25(27)24-9-3-5-11-26(24)31(37)33-21-23-8-7-19-41-23/h3-14,19-20H,15-18,21H2,1-2H3,(H,33,37)(H,35,36). The van der Waals surface area contributed by atoms with Crippen molar-refractivity contribution in [3.8, 4) is 22.6 Å². The first kappa shape index (κ1) is 28.9. The number of carbonyl (C=O) groups excluding carboxylic acids is 2. The van der Waals surface area contributed by atoms with Gasteiger partial charge in [0, 0.05) is 24.2 Å². The molecule has 0 fully saturated rings. The number of amides is 2. The number of furan rings is 1. The molecule has 2 N–H and O–H groups in total. The number of benzene rings is 3. The number of aliphatic carboxylic acids is 1. The van der Waals surface area contributed by atoms with Gasteiger partial charge in [-0.2, -0.15) is 0 Å². The van der Waals surface area contributed by atoms with Crippen LogP contribution in [0.25, 0.3) is 11.1 Å². The van der Waals surface area contributed by atoms with Crippen LogP contribution < -0.4 is 14.8 Å². The normalized spacial score (nSPS) is 10.6. The summed E-state index contributed by atoms with van der Waals surface area (Å²) < 4.78 is 16.0. The summed E-state index contributed by atoms with van der Waals surface area (Å²) in [5.74, 6) is 0.149. The summed E-state index contributed by atoms with van der Waals surface area (Å²) in [6.07, 6.45) is 1.81. The first-order valence-corrected chi connectivity index (χ1v) is 13.1. The summed E-state index contributed by atoms with van der Waals surface area (Å²) in [5, 5.41) is 12.2. The number of carbonyl (C=O) groups is 3. The Morgan fingerprint density at radius 1 is 0.829 bits per heavy atom. The van der Waals surface area contributed by atoms with E-state index in [0.717, 1.165) is 5.56 Å². The Morgan fingerprint density at radius 3 is 2.17 bits per heavy atom. The fourth-order valence-corrected chi connectivity index (χ4v) is 4.51. The predicted molar refractivity (Wildman–Crippen MR) is 153 cm³/mol. The maximum Gasteiger partial charge on any atom is 0.305 e. The van der Waals surface area contributed by atoms with Gasteiger partial charge in [0.15, 0.2) is 11.5 Å². The van der Waals surface area contributed by atoms with Crippen molar-refractivity contribution in [2.45, 2.75) is 19.4 Å². The molecule has 4 rings (SSSR count). The lowest BCUT2D eigenvalue weighted by Crippen LogP contribution is -2.35. The Labute approximate surface area is 238 Å². The van der Waals surface area contributed by atoms with Gasteiger partial charge >= 0.3 is 5.97 Å². The molecule has 1 heterocycles. The molecule has 0 saturated carbocycles. The van der Waals surface area contributed by atoms with Crippen molar-refractivity contribution in [1.29, 1.82) is 0 Å². The summed E-state index contributed by atoms with van der Waals surface area (Å²) >= 11 is 0. The van der Waals surface area contributed by atoms with Crippen molar-refractivity contribution in [3.05, 3.63) is 108 Å². The van der Waals surface area contributed by atoms with E-state index in [1.807, 2.05) is 12.1 Å². The summed E-state index contributed by atoms with van der Waals surface area (Å²) in [6.45, 7) is 0.530. The summed E-state index contributed by atoms with van der Waals surface area (Å²) in [6, 6.07) is 23.1. The van der Waals surface area contributed by atoms with Gasteiger partial charge in [0.2, 0.25) is 0 Å². The second kappa shape index (κ2) is 13.8. The van der Waals surface area contributed by atoms with Gasteiger partial charge in [-0.1, -0.05) is 42.5 Å². The third-order valence-electron chi connectivity index (χ3n) is 6.62. The van der Waals surface area contributed by atoms with Gasteiger partial charge in [-0.25, -0.2) is 0 Å². The number of hydrogen-bond acceptors (Lipinski definition) is 6. The molecule has 4 aromatic rings. The number of rotatable bonds is 13. The average Bonchev–Trinajstić information content (AvgIpc) is 3.53. The third-order valence-corrected chi connectivity index (χ3v) is 6.62. The zero-order chi connectivity index (χ0) is 29.2. The molecule has 0 spiro atoms. The largest absolute Gasteiger partial charge is 0.493 e. The summed E-state index contributed by atoms with van der Waals surface area (Å²) in [5.41, 5.74) is 2.85. The topological polar surface area (TPSA) is 118 Å². The zero-order valence-corrected chi connectivity index (χ0v) is 23.0. The number of nitrogens with zero attached hydrogens (tertiary/aromatic N) is 1. The molecule has 0 saturated heterocycles. The van der Waals surface area contributed by atoms with E-state index in [2.05, 4.69) is 5.32 Å². The fraction of sp³-hybridized carbons (Fsp3) is 0.219. The highest BCUT2D eigenvalue weighted by Gasteiger charge is 2.23. The molecule has 9 heteroatoms. The van der Waals surface area contributed by atoms with E-state index in [4.69, 9.17) is 13.9 Å². The molecule has 2 amide bonds. The first-order chi connectivity index (χ1) is 19.9. The minimum atomic E-state index is -0.999. The molecule has 9 nitrogen and oxygen atoms in total. The lowest BCUT2D eigenvalue weighted by atomic mass is 9.94. The number of hydrogen-bond donors (Lipinski definition) is 2. The van der Waals surface area contributed by atoms with Crippen molar-refractivity contribution in [1.82, 2.24) is 10.2 Å². The van der Waals surface area contributed by atoms with E-state index >= 15 is 0 Å². The van der Waals surface area contributed by atoms with Crippen molar-refractivity contribution < 1.29 is 33.4 Å². The zero-order valence-electron chi connectivity index (χ0n) is 23.0. The van der Waals surface area contributed by atoms with Crippen LogP contribution in [0.2, 0.25) is 0 Å². The second-order valence-electron chi connectivity index (χ2n) is 9.23. The van der Waals surface area contributed by atoms with Gasteiger partial charge < -0.3 is 29.2 Å².